The lowest BCUT2D eigenvalue weighted by Crippen LogP contribution is -2.13. The van der Waals surface area contributed by atoms with Gasteiger partial charge in [-0.1, -0.05) is 0 Å². The quantitative estimate of drug-likeness (QED) is 0.916. The van der Waals surface area contributed by atoms with Crippen molar-refractivity contribution >= 4 is 15.7 Å². The first-order chi connectivity index (χ1) is 9.96. The van der Waals surface area contributed by atoms with Crippen LogP contribution in [0.1, 0.15) is 5.69 Å². The number of methoxy groups -OCH3 is 2. The van der Waals surface area contributed by atoms with Gasteiger partial charge in [0.2, 0.25) is 0 Å². The molecule has 21 heavy (non-hydrogen) atoms. The molecule has 0 unspecified atom stereocenters. The zero-order chi connectivity index (χ0) is 15.5. The van der Waals surface area contributed by atoms with Crippen LogP contribution in [0.15, 0.2) is 41.4 Å². The van der Waals surface area contributed by atoms with E-state index in [9.17, 15) is 8.42 Å². The Bertz CT molecular complexity index is 744. The van der Waals surface area contributed by atoms with Gasteiger partial charge in [-0.25, -0.2) is 8.42 Å². The van der Waals surface area contributed by atoms with Crippen molar-refractivity contribution in [3.8, 4) is 11.5 Å². The molecule has 0 aliphatic carbocycles. The summed E-state index contributed by atoms with van der Waals surface area (Å²) in [4.78, 5) is 4.11. The highest BCUT2D eigenvalue weighted by Gasteiger charge is 2.17. The van der Waals surface area contributed by atoms with Crippen molar-refractivity contribution in [1.29, 1.82) is 0 Å². The van der Waals surface area contributed by atoms with Gasteiger partial charge in [0, 0.05) is 18.0 Å². The topological polar surface area (TPSA) is 77.5 Å². The van der Waals surface area contributed by atoms with E-state index in [1.54, 1.807) is 31.3 Å². The Morgan fingerprint density at radius 1 is 1.05 bits per heavy atom. The summed E-state index contributed by atoms with van der Waals surface area (Å²) < 4.78 is 37.4. The third-order valence-corrected chi connectivity index (χ3v) is 4.19. The molecule has 0 radical (unpaired) electrons. The molecule has 2 aromatic rings. The summed E-state index contributed by atoms with van der Waals surface area (Å²) in [6.45, 7) is 1.79. The number of hydrogen-bond donors (Lipinski definition) is 1. The second-order valence-corrected chi connectivity index (χ2v) is 5.99. The highest BCUT2D eigenvalue weighted by molar-refractivity contribution is 7.92. The van der Waals surface area contributed by atoms with Crippen LogP contribution in [0.3, 0.4) is 0 Å². The predicted molar refractivity (Wildman–Crippen MR) is 79.3 cm³/mol. The number of ether oxygens (including phenoxy) is 2. The van der Waals surface area contributed by atoms with E-state index in [1.807, 2.05) is 0 Å². The minimum atomic E-state index is -3.70. The van der Waals surface area contributed by atoms with Crippen molar-refractivity contribution in [2.24, 2.45) is 0 Å². The van der Waals surface area contributed by atoms with Gasteiger partial charge in [-0.3, -0.25) is 9.71 Å². The summed E-state index contributed by atoms with van der Waals surface area (Å²) in [5.74, 6) is 0.822. The van der Waals surface area contributed by atoms with Crippen molar-refractivity contribution in [3.63, 3.8) is 0 Å². The number of aryl methyl sites for hydroxylation is 1. The maximum absolute atomic E-state index is 12.4. The van der Waals surface area contributed by atoms with Crippen molar-refractivity contribution in [2.75, 3.05) is 18.9 Å². The Balaban J connectivity index is 2.35. The van der Waals surface area contributed by atoms with Gasteiger partial charge in [0.15, 0.2) is 11.5 Å². The van der Waals surface area contributed by atoms with E-state index in [4.69, 9.17) is 9.47 Å². The molecule has 0 atom stereocenters. The fourth-order valence-electron chi connectivity index (χ4n) is 1.81. The van der Waals surface area contributed by atoms with Crippen LogP contribution in [0.5, 0.6) is 11.5 Å². The molecule has 0 spiro atoms. The summed E-state index contributed by atoms with van der Waals surface area (Å²) in [7, 11) is -0.759. The molecular weight excluding hydrogens is 292 g/mol. The fraction of sp³-hybridized carbons (Fsp3) is 0.214. The van der Waals surface area contributed by atoms with Gasteiger partial charge in [-0.05, 0) is 31.2 Å². The van der Waals surface area contributed by atoms with Crippen LogP contribution in [0.25, 0.3) is 0 Å². The Kier molecular flexibility index (Phi) is 4.32. The van der Waals surface area contributed by atoms with E-state index < -0.39 is 10.0 Å². The number of pyridine rings is 1. The molecule has 0 aliphatic rings. The molecule has 0 fully saturated rings. The number of aromatic nitrogens is 1. The van der Waals surface area contributed by atoms with E-state index in [-0.39, 0.29) is 4.90 Å². The van der Waals surface area contributed by atoms with Crippen LogP contribution in [0.2, 0.25) is 0 Å². The molecule has 1 aromatic carbocycles. The summed E-state index contributed by atoms with van der Waals surface area (Å²) >= 11 is 0. The third-order valence-electron chi connectivity index (χ3n) is 2.81. The second-order valence-electron chi connectivity index (χ2n) is 4.31. The minimum Gasteiger partial charge on any atom is -0.493 e. The Morgan fingerprint density at radius 2 is 1.76 bits per heavy atom. The highest BCUT2D eigenvalue weighted by atomic mass is 32.2. The molecule has 0 saturated carbocycles. The SMILES string of the molecule is COc1ccc(S(=O)(=O)Nc2ccnc(C)c2)cc1OC. The zero-order valence-electron chi connectivity index (χ0n) is 12.0. The van der Waals surface area contributed by atoms with E-state index in [0.717, 1.165) is 5.69 Å². The number of sulfonamides is 1. The van der Waals surface area contributed by atoms with Gasteiger partial charge in [0.1, 0.15) is 0 Å². The van der Waals surface area contributed by atoms with Gasteiger partial charge in [-0.15, -0.1) is 0 Å². The van der Waals surface area contributed by atoms with Gasteiger partial charge in [0.25, 0.3) is 10.0 Å². The van der Waals surface area contributed by atoms with Crippen LogP contribution in [0, 0.1) is 6.92 Å². The predicted octanol–water partition coefficient (Wildman–Crippen LogP) is 2.21. The first-order valence-corrected chi connectivity index (χ1v) is 7.62. The number of benzene rings is 1. The number of hydrogen-bond acceptors (Lipinski definition) is 5. The van der Waals surface area contributed by atoms with Crippen molar-refractivity contribution in [3.05, 3.63) is 42.2 Å². The lowest BCUT2D eigenvalue weighted by atomic mass is 10.3. The molecule has 1 heterocycles. The zero-order valence-corrected chi connectivity index (χ0v) is 12.8. The molecule has 7 heteroatoms. The smallest absolute Gasteiger partial charge is 0.262 e. The maximum Gasteiger partial charge on any atom is 0.262 e. The van der Waals surface area contributed by atoms with Crippen LogP contribution >= 0.6 is 0 Å². The first-order valence-electron chi connectivity index (χ1n) is 6.14. The Hall–Kier alpha value is -2.28. The molecule has 1 N–H and O–H groups in total. The number of anilines is 1. The molecule has 6 nitrogen and oxygen atoms in total. The summed E-state index contributed by atoms with van der Waals surface area (Å²) in [6.07, 6.45) is 1.54. The summed E-state index contributed by atoms with van der Waals surface area (Å²) in [5.41, 5.74) is 1.18. The molecule has 0 aliphatic heterocycles. The average molecular weight is 308 g/mol. The lowest BCUT2D eigenvalue weighted by Gasteiger charge is -2.11. The lowest BCUT2D eigenvalue weighted by molar-refractivity contribution is 0.354. The molecule has 0 amide bonds. The molecule has 0 saturated heterocycles. The Labute approximate surface area is 123 Å². The number of nitrogens with zero attached hydrogens (tertiary/aromatic N) is 1. The van der Waals surface area contributed by atoms with Crippen molar-refractivity contribution < 1.29 is 17.9 Å². The van der Waals surface area contributed by atoms with E-state index in [1.165, 1.54) is 26.4 Å². The van der Waals surface area contributed by atoms with Crippen LogP contribution in [-0.4, -0.2) is 27.6 Å². The van der Waals surface area contributed by atoms with Gasteiger partial charge in [-0.2, -0.15) is 0 Å². The van der Waals surface area contributed by atoms with E-state index in [2.05, 4.69) is 9.71 Å². The average Bonchev–Trinajstić information content (AvgIpc) is 2.46. The largest absolute Gasteiger partial charge is 0.493 e. The van der Waals surface area contributed by atoms with Crippen LogP contribution < -0.4 is 14.2 Å². The molecular formula is C14H16N2O4S. The molecule has 2 rings (SSSR count). The van der Waals surface area contributed by atoms with E-state index >= 15 is 0 Å². The number of rotatable bonds is 5. The minimum absolute atomic E-state index is 0.0922. The van der Waals surface area contributed by atoms with Gasteiger partial charge < -0.3 is 9.47 Å². The summed E-state index contributed by atoms with van der Waals surface area (Å²) in [5, 5.41) is 0. The molecule has 0 bridgehead atoms. The highest BCUT2D eigenvalue weighted by Crippen LogP contribution is 2.30. The normalized spacial score (nSPS) is 11.0. The summed E-state index contributed by atoms with van der Waals surface area (Å²) in [6, 6.07) is 7.65. The molecule has 1 aromatic heterocycles. The van der Waals surface area contributed by atoms with E-state index in [0.29, 0.717) is 17.2 Å². The standard InChI is InChI=1S/C14H16N2O4S/c1-10-8-11(6-7-15-10)16-21(17,18)12-4-5-13(19-2)14(9-12)20-3/h4-9H,1-3H3,(H,15,16). The molecule has 112 valence electrons. The second kappa shape index (κ2) is 6.01. The first kappa shape index (κ1) is 15.1. The maximum atomic E-state index is 12.4. The van der Waals surface area contributed by atoms with Crippen LogP contribution in [-0.2, 0) is 10.0 Å². The van der Waals surface area contributed by atoms with Gasteiger partial charge in [0.05, 0.1) is 24.8 Å². The van der Waals surface area contributed by atoms with Crippen molar-refractivity contribution in [2.45, 2.75) is 11.8 Å². The monoisotopic (exact) mass is 308 g/mol. The van der Waals surface area contributed by atoms with Gasteiger partial charge >= 0.3 is 0 Å². The van der Waals surface area contributed by atoms with Crippen LogP contribution in [0.4, 0.5) is 5.69 Å². The van der Waals surface area contributed by atoms with Crippen molar-refractivity contribution in [1.82, 2.24) is 4.98 Å². The third kappa shape index (κ3) is 3.43. The Morgan fingerprint density at radius 3 is 2.38 bits per heavy atom. The number of nitrogens with one attached hydrogen (secondary N) is 1. The fourth-order valence-corrected chi connectivity index (χ4v) is 2.87.